The van der Waals surface area contributed by atoms with Gasteiger partial charge in [-0.3, -0.25) is 4.90 Å². The second-order valence-electron chi connectivity index (χ2n) is 5.35. The molecule has 0 radical (unpaired) electrons. The Hall–Kier alpha value is -0.380. The van der Waals surface area contributed by atoms with Crippen molar-refractivity contribution in [3.05, 3.63) is 22.4 Å². The highest BCUT2D eigenvalue weighted by atomic mass is 32.1. The van der Waals surface area contributed by atoms with E-state index < -0.39 is 0 Å². The molecule has 2 fully saturated rings. The number of likely N-dealkylation sites (tertiary alicyclic amines) is 1. The van der Waals surface area contributed by atoms with Crippen LogP contribution in [0.3, 0.4) is 0 Å². The van der Waals surface area contributed by atoms with Crippen molar-refractivity contribution in [2.45, 2.75) is 44.3 Å². The number of hydrogen-bond acceptors (Lipinski definition) is 3. The molecule has 2 N–H and O–H groups in total. The van der Waals surface area contributed by atoms with Crippen LogP contribution < -0.4 is 5.73 Å². The normalized spacial score (nSPS) is 33.1. The average molecular weight is 236 g/mol. The first-order chi connectivity index (χ1) is 7.75. The van der Waals surface area contributed by atoms with E-state index in [0.29, 0.717) is 6.04 Å². The smallest absolute Gasteiger partial charge is 0.0593 e. The first kappa shape index (κ1) is 10.8. The van der Waals surface area contributed by atoms with Crippen LogP contribution in [0.15, 0.2) is 17.5 Å². The number of piperidine rings is 1. The molecule has 1 saturated carbocycles. The van der Waals surface area contributed by atoms with E-state index in [4.69, 9.17) is 5.73 Å². The van der Waals surface area contributed by atoms with Gasteiger partial charge >= 0.3 is 0 Å². The summed E-state index contributed by atoms with van der Waals surface area (Å²) in [6, 6.07) is 5.88. The Labute approximate surface area is 101 Å². The molecule has 2 nitrogen and oxygen atoms in total. The van der Waals surface area contributed by atoms with Gasteiger partial charge < -0.3 is 5.73 Å². The molecule has 1 aliphatic carbocycles. The fourth-order valence-electron chi connectivity index (χ4n) is 3.49. The van der Waals surface area contributed by atoms with E-state index in [-0.39, 0.29) is 6.04 Å². The summed E-state index contributed by atoms with van der Waals surface area (Å²) in [6.45, 7) is 3.42. The molecule has 88 valence electrons. The first-order valence-electron chi connectivity index (χ1n) is 6.30. The topological polar surface area (TPSA) is 29.3 Å². The van der Waals surface area contributed by atoms with Crippen molar-refractivity contribution >= 4 is 11.3 Å². The lowest BCUT2D eigenvalue weighted by molar-refractivity contribution is 0.135. The number of nitrogens with two attached hydrogens (primary N) is 1. The Morgan fingerprint density at radius 2 is 2.38 bits per heavy atom. The van der Waals surface area contributed by atoms with Gasteiger partial charge in [-0.1, -0.05) is 6.07 Å². The van der Waals surface area contributed by atoms with Crippen molar-refractivity contribution in [3.8, 4) is 0 Å². The number of thiophene rings is 1. The Bertz CT molecular complexity index is 347. The van der Waals surface area contributed by atoms with Gasteiger partial charge in [-0.2, -0.15) is 0 Å². The third-order valence-corrected chi connectivity index (χ3v) is 5.08. The average Bonchev–Trinajstić information content (AvgIpc) is 2.91. The van der Waals surface area contributed by atoms with Crippen molar-refractivity contribution in [1.29, 1.82) is 0 Å². The molecule has 2 aliphatic rings. The van der Waals surface area contributed by atoms with Crippen LogP contribution in [-0.2, 0) is 0 Å². The molecule has 2 bridgehead atoms. The standard InChI is InChI=1S/C13H20N2S/c1-9(14)13(12-3-2-6-16-12)15-8-10-4-5-11(15)7-10/h2-3,6,9-11,13H,4-5,7-8,14H2,1H3. The Balaban J connectivity index is 1.84. The van der Waals surface area contributed by atoms with Gasteiger partial charge in [0.2, 0.25) is 0 Å². The number of nitrogens with zero attached hydrogens (tertiary/aromatic N) is 1. The minimum atomic E-state index is 0.234. The van der Waals surface area contributed by atoms with Gasteiger partial charge in [0.15, 0.2) is 0 Å². The lowest BCUT2D eigenvalue weighted by atomic mass is 10.0. The highest BCUT2D eigenvalue weighted by Crippen LogP contribution is 2.43. The predicted molar refractivity (Wildman–Crippen MR) is 68.5 cm³/mol. The van der Waals surface area contributed by atoms with E-state index in [2.05, 4.69) is 29.3 Å². The van der Waals surface area contributed by atoms with Crippen LogP contribution in [0.5, 0.6) is 0 Å². The second-order valence-corrected chi connectivity index (χ2v) is 6.33. The Morgan fingerprint density at radius 1 is 1.50 bits per heavy atom. The second kappa shape index (κ2) is 4.13. The van der Waals surface area contributed by atoms with Crippen molar-refractivity contribution in [2.75, 3.05) is 6.54 Å². The van der Waals surface area contributed by atoms with Gasteiger partial charge in [-0.25, -0.2) is 0 Å². The minimum Gasteiger partial charge on any atom is -0.326 e. The van der Waals surface area contributed by atoms with E-state index in [1.807, 2.05) is 11.3 Å². The third kappa shape index (κ3) is 1.71. The van der Waals surface area contributed by atoms with Crippen LogP contribution in [0.25, 0.3) is 0 Å². The molecular formula is C13H20N2S. The minimum absolute atomic E-state index is 0.234. The zero-order chi connectivity index (χ0) is 11.1. The van der Waals surface area contributed by atoms with Gasteiger partial charge in [-0.15, -0.1) is 11.3 Å². The van der Waals surface area contributed by atoms with Crippen LogP contribution >= 0.6 is 11.3 Å². The largest absolute Gasteiger partial charge is 0.326 e. The van der Waals surface area contributed by atoms with E-state index in [9.17, 15) is 0 Å². The molecule has 1 saturated heterocycles. The Kier molecular flexibility index (Phi) is 2.78. The number of hydrogen-bond donors (Lipinski definition) is 1. The molecule has 0 spiro atoms. The molecule has 1 aromatic rings. The van der Waals surface area contributed by atoms with Crippen LogP contribution in [-0.4, -0.2) is 23.5 Å². The van der Waals surface area contributed by atoms with Gasteiger partial charge in [-0.05, 0) is 43.6 Å². The molecule has 16 heavy (non-hydrogen) atoms. The van der Waals surface area contributed by atoms with Crippen molar-refractivity contribution < 1.29 is 0 Å². The van der Waals surface area contributed by atoms with Crippen molar-refractivity contribution in [2.24, 2.45) is 11.7 Å². The van der Waals surface area contributed by atoms with E-state index >= 15 is 0 Å². The maximum atomic E-state index is 6.20. The highest BCUT2D eigenvalue weighted by molar-refractivity contribution is 7.10. The van der Waals surface area contributed by atoms with Crippen LogP contribution in [0.4, 0.5) is 0 Å². The lowest BCUT2D eigenvalue weighted by Gasteiger charge is -2.36. The lowest BCUT2D eigenvalue weighted by Crippen LogP contribution is -2.43. The molecule has 3 heteroatoms. The molecule has 4 unspecified atom stereocenters. The molecule has 2 heterocycles. The van der Waals surface area contributed by atoms with Gasteiger partial charge in [0, 0.05) is 23.5 Å². The van der Waals surface area contributed by atoms with Crippen LogP contribution in [0.1, 0.15) is 37.1 Å². The summed E-state index contributed by atoms with van der Waals surface area (Å²) in [5.41, 5.74) is 6.20. The summed E-state index contributed by atoms with van der Waals surface area (Å²) in [7, 11) is 0. The van der Waals surface area contributed by atoms with Crippen molar-refractivity contribution in [3.63, 3.8) is 0 Å². The summed E-state index contributed by atoms with van der Waals surface area (Å²) >= 11 is 1.85. The number of rotatable bonds is 3. The summed E-state index contributed by atoms with van der Waals surface area (Å²) in [6.07, 6.45) is 4.24. The van der Waals surface area contributed by atoms with Gasteiger partial charge in [0.1, 0.15) is 0 Å². The number of fused-ring (bicyclic) bond motifs is 2. The molecule has 4 atom stereocenters. The highest BCUT2D eigenvalue weighted by Gasteiger charge is 2.42. The summed E-state index contributed by atoms with van der Waals surface area (Å²) in [5, 5.41) is 2.17. The quantitative estimate of drug-likeness (QED) is 0.874. The van der Waals surface area contributed by atoms with Gasteiger partial charge in [0.25, 0.3) is 0 Å². The zero-order valence-electron chi connectivity index (χ0n) is 9.80. The van der Waals surface area contributed by atoms with E-state index in [1.165, 1.54) is 30.7 Å². The zero-order valence-corrected chi connectivity index (χ0v) is 10.6. The van der Waals surface area contributed by atoms with Crippen LogP contribution in [0.2, 0.25) is 0 Å². The first-order valence-corrected chi connectivity index (χ1v) is 7.18. The molecule has 0 amide bonds. The SMILES string of the molecule is CC(N)C(c1cccs1)N1CC2CCC1C2. The van der Waals surface area contributed by atoms with E-state index in [1.54, 1.807) is 0 Å². The molecule has 1 aromatic heterocycles. The third-order valence-electron chi connectivity index (χ3n) is 4.14. The molecule has 0 aromatic carbocycles. The monoisotopic (exact) mass is 236 g/mol. The maximum Gasteiger partial charge on any atom is 0.0593 e. The summed E-state index contributed by atoms with van der Waals surface area (Å²) in [5.74, 6) is 0.950. The van der Waals surface area contributed by atoms with Gasteiger partial charge in [0.05, 0.1) is 6.04 Å². The fourth-order valence-corrected chi connectivity index (χ4v) is 4.45. The summed E-state index contributed by atoms with van der Waals surface area (Å²) in [4.78, 5) is 4.12. The molecule has 3 rings (SSSR count). The van der Waals surface area contributed by atoms with E-state index in [0.717, 1.165) is 12.0 Å². The fraction of sp³-hybridized carbons (Fsp3) is 0.692. The summed E-state index contributed by atoms with van der Waals surface area (Å²) < 4.78 is 0. The maximum absolute atomic E-state index is 6.20. The predicted octanol–water partition coefficient (Wildman–Crippen LogP) is 2.62. The Morgan fingerprint density at radius 3 is 2.88 bits per heavy atom. The van der Waals surface area contributed by atoms with Crippen molar-refractivity contribution in [1.82, 2.24) is 4.90 Å². The molecular weight excluding hydrogens is 216 g/mol. The molecule has 1 aliphatic heterocycles. The van der Waals surface area contributed by atoms with Crippen LogP contribution in [0, 0.1) is 5.92 Å².